The summed E-state index contributed by atoms with van der Waals surface area (Å²) >= 11 is 0. The van der Waals surface area contributed by atoms with E-state index in [2.05, 4.69) is 16.0 Å². The number of carbonyl (C=O) groups is 2. The molecule has 0 aliphatic carbocycles. The molecule has 2 aromatic rings. The fourth-order valence-electron chi connectivity index (χ4n) is 2.69. The molecule has 1 unspecified atom stereocenters. The molecule has 0 radical (unpaired) electrons. The van der Waals surface area contributed by atoms with Crippen molar-refractivity contribution < 1.29 is 14.3 Å². The van der Waals surface area contributed by atoms with Crippen LogP contribution in [0.4, 0.5) is 22.7 Å². The molecule has 2 amide bonds. The fraction of sp³-hybridized carbons (Fsp3) is 0.263. The maximum absolute atomic E-state index is 12.0. The maximum Gasteiger partial charge on any atom is 0.253 e. The van der Waals surface area contributed by atoms with Crippen molar-refractivity contribution in [3.8, 4) is 0 Å². The van der Waals surface area contributed by atoms with Crippen LogP contribution in [0, 0.1) is 0 Å². The predicted molar refractivity (Wildman–Crippen MR) is 98.1 cm³/mol. The van der Waals surface area contributed by atoms with Crippen molar-refractivity contribution in [3.63, 3.8) is 0 Å². The Bertz CT molecular complexity index is 753. The van der Waals surface area contributed by atoms with Gasteiger partial charge in [-0.3, -0.25) is 9.59 Å². The number of carbonyl (C=O) groups excluding carboxylic acids is 2. The van der Waals surface area contributed by atoms with E-state index < -0.39 is 0 Å². The lowest BCUT2D eigenvalue weighted by Crippen LogP contribution is -2.26. The summed E-state index contributed by atoms with van der Waals surface area (Å²) in [6.07, 6.45) is 1.36. The van der Waals surface area contributed by atoms with Crippen molar-refractivity contribution in [2.24, 2.45) is 0 Å². The van der Waals surface area contributed by atoms with E-state index >= 15 is 0 Å². The number of rotatable bonds is 5. The molecule has 1 saturated heterocycles. The first-order chi connectivity index (χ1) is 12.1. The Morgan fingerprint density at radius 3 is 2.36 bits per heavy atom. The van der Waals surface area contributed by atoms with Gasteiger partial charge in [0.05, 0.1) is 0 Å². The number of nitrogens with one attached hydrogen (secondary N) is 3. The van der Waals surface area contributed by atoms with Crippen molar-refractivity contribution >= 4 is 34.6 Å². The zero-order valence-corrected chi connectivity index (χ0v) is 14.0. The van der Waals surface area contributed by atoms with Gasteiger partial charge < -0.3 is 20.7 Å². The summed E-state index contributed by atoms with van der Waals surface area (Å²) in [4.78, 5) is 23.2. The Kier molecular flexibility index (Phi) is 5.30. The molecule has 0 spiro atoms. The van der Waals surface area contributed by atoms with Crippen LogP contribution in [0.15, 0.2) is 48.5 Å². The van der Waals surface area contributed by atoms with Crippen LogP contribution >= 0.6 is 0 Å². The van der Waals surface area contributed by atoms with Crippen molar-refractivity contribution in [3.05, 3.63) is 48.5 Å². The topological polar surface area (TPSA) is 79.5 Å². The van der Waals surface area contributed by atoms with E-state index in [4.69, 9.17) is 4.74 Å². The van der Waals surface area contributed by atoms with Crippen LogP contribution in [-0.4, -0.2) is 24.5 Å². The summed E-state index contributed by atoms with van der Waals surface area (Å²) in [6.45, 7) is 2.13. The Labute approximate surface area is 146 Å². The molecular formula is C19H21N3O3. The van der Waals surface area contributed by atoms with E-state index in [1.54, 1.807) is 0 Å². The highest BCUT2D eigenvalue weighted by atomic mass is 16.5. The van der Waals surface area contributed by atoms with Crippen LogP contribution in [0.1, 0.15) is 19.8 Å². The zero-order chi connectivity index (χ0) is 17.6. The molecule has 0 aromatic heterocycles. The molecule has 1 atom stereocenters. The van der Waals surface area contributed by atoms with Crippen LogP contribution in [-0.2, 0) is 14.3 Å². The van der Waals surface area contributed by atoms with Gasteiger partial charge in [0.2, 0.25) is 5.91 Å². The lowest BCUT2D eigenvalue weighted by Gasteiger charge is -2.12. The maximum atomic E-state index is 12.0. The van der Waals surface area contributed by atoms with Crippen LogP contribution in [0.3, 0.4) is 0 Å². The third-order valence-corrected chi connectivity index (χ3v) is 3.85. The summed E-state index contributed by atoms with van der Waals surface area (Å²) < 4.78 is 5.37. The van der Waals surface area contributed by atoms with Gasteiger partial charge in [-0.15, -0.1) is 0 Å². The molecule has 1 aliphatic rings. The van der Waals surface area contributed by atoms with Crippen LogP contribution in [0.2, 0.25) is 0 Å². The van der Waals surface area contributed by atoms with Crippen molar-refractivity contribution in [2.75, 3.05) is 22.6 Å². The Morgan fingerprint density at radius 2 is 1.68 bits per heavy atom. The average Bonchev–Trinajstić information content (AvgIpc) is 3.11. The third-order valence-electron chi connectivity index (χ3n) is 3.85. The first kappa shape index (κ1) is 17.0. The molecule has 0 bridgehead atoms. The number of benzene rings is 2. The second-order valence-corrected chi connectivity index (χ2v) is 5.96. The summed E-state index contributed by atoms with van der Waals surface area (Å²) in [7, 11) is 0. The van der Waals surface area contributed by atoms with Gasteiger partial charge in [-0.2, -0.15) is 0 Å². The Hall–Kier alpha value is -2.86. The van der Waals surface area contributed by atoms with Gasteiger partial charge in [-0.1, -0.05) is 6.07 Å². The Morgan fingerprint density at radius 1 is 0.960 bits per heavy atom. The second-order valence-electron chi connectivity index (χ2n) is 5.96. The number of hydrogen-bond acceptors (Lipinski definition) is 4. The van der Waals surface area contributed by atoms with Gasteiger partial charge in [0, 0.05) is 36.3 Å². The Balaban J connectivity index is 1.60. The molecule has 3 rings (SSSR count). The zero-order valence-electron chi connectivity index (χ0n) is 14.0. The molecule has 130 valence electrons. The quantitative estimate of drug-likeness (QED) is 0.779. The van der Waals surface area contributed by atoms with Gasteiger partial charge in [0.25, 0.3) is 5.91 Å². The van der Waals surface area contributed by atoms with Gasteiger partial charge in [0.1, 0.15) is 6.10 Å². The smallest absolute Gasteiger partial charge is 0.253 e. The van der Waals surface area contributed by atoms with Gasteiger partial charge in [0.15, 0.2) is 0 Å². The predicted octanol–water partition coefficient (Wildman–Crippen LogP) is 3.51. The first-order valence-corrected chi connectivity index (χ1v) is 8.27. The van der Waals surface area contributed by atoms with Gasteiger partial charge >= 0.3 is 0 Å². The highest BCUT2D eigenvalue weighted by Crippen LogP contribution is 2.22. The van der Waals surface area contributed by atoms with Crippen LogP contribution < -0.4 is 16.0 Å². The molecular weight excluding hydrogens is 318 g/mol. The molecule has 1 fully saturated rings. The minimum Gasteiger partial charge on any atom is -0.368 e. The third kappa shape index (κ3) is 4.81. The van der Waals surface area contributed by atoms with Gasteiger partial charge in [-0.25, -0.2) is 0 Å². The molecule has 1 heterocycles. The normalized spacial score (nSPS) is 16.3. The fourth-order valence-corrected chi connectivity index (χ4v) is 2.69. The standard InChI is InChI=1S/C19H21N3O3/c1-13(23)20-16-4-2-5-17(12-16)21-14-7-9-15(10-8-14)22-19(24)18-6-3-11-25-18/h2,4-5,7-10,12,18,21H,3,6,11H2,1H3,(H,20,23)(H,22,24). The number of ether oxygens (including phenoxy) is 1. The minimum absolute atomic E-state index is 0.0961. The molecule has 6 nitrogen and oxygen atoms in total. The lowest BCUT2D eigenvalue weighted by molar-refractivity contribution is -0.124. The molecule has 3 N–H and O–H groups in total. The van der Waals surface area contributed by atoms with E-state index in [9.17, 15) is 9.59 Å². The highest BCUT2D eigenvalue weighted by Gasteiger charge is 2.23. The van der Waals surface area contributed by atoms with E-state index in [1.807, 2.05) is 48.5 Å². The van der Waals surface area contributed by atoms with Crippen LogP contribution in [0.25, 0.3) is 0 Å². The van der Waals surface area contributed by atoms with E-state index in [-0.39, 0.29) is 17.9 Å². The largest absolute Gasteiger partial charge is 0.368 e. The molecule has 2 aromatic carbocycles. The lowest BCUT2D eigenvalue weighted by atomic mass is 10.2. The second kappa shape index (κ2) is 7.81. The summed E-state index contributed by atoms with van der Waals surface area (Å²) in [5.74, 6) is -0.204. The van der Waals surface area contributed by atoms with Crippen molar-refractivity contribution in [2.45, 2.75) is 25.9 Å². The monoisotopic (exact) mass is 339 g/mol. The van der Waals surface area contributed by atoms with Crippen molar-refractivity contribution in [1.82, 2.24) is 0 Å². The number of amides is 2. The summed E-state index contributed by atoms with van der Waals surface area (Å²) in [6, 6.07) is 14.9. The highest BCUT2D eigenvalue weighted by molar-refractivity contribution is 5.94. The van der Waals surface area contributed by atoms with Crippen molar-refractivity contribution in [1.29, 1.82) is 0 Å². The molecule has 25 heavy (non-hydrogen) atoms. The molecule has 1 aliphatic heterocycles. The summed E-state index contributed by atoms with van der Waals surface area (Å²) in [5, 5.41) is 8.88. The average molecular weight is 339 g/mol. The number of hydrogen-bond donors (Lipinski definition) is 3. The van der Waals surface area contributed by atoms with E-state index in [1.165, 1.54) is 6.92 Å². The molecule has 6 heteroatoms. The minimum atomic E-state index is -0.339. The van der Waals surface area contributed by atoms with E-state index in [0.29, 0.717) is 6.61 Å². The molecule has 0 saturated carbocycles. The summed E-state index contributed by atoms with van der Waals surface area (Å²) in [5.41, 5.74) is 3.22. The number of anilines is 4. The van der Waals surface area contributed by atoms with Gasteiger partial charge in [-0.05, 0) is 55.3 Å². The first-order valence-electron chi connectivity index (χ1n) is 8.27. The SMILES string of the molecule is CC(=O)Nc1cccc(Nc2ccc(NC(=O)C3CCCO3)cc2)c1. The van der Waals surface area contributed by atoms with E-state index in [0.717, 1.165) is 35.6 Å². The van der Waals surface area contributed by atoms with Crippen LogP contribution in [0.5, 0.6) is 0 Å².